The zero-order chi connectivity index (χ0) is 47.8. The third-order valence-corrected chi connectivity index (χ3v) is 17.2. The van der Waals surface area contributed by atoms with Gasteiger partial charge in [0.25, 0.3) is 0 Å². The van der Waals surface area contributed by atoms with E-state index in [9.17, 15) is 0 Å². The molecule has 348 valence electrons. The van der Waals surface area contributed by atoms with Gasteiger partial charge in [-0.05, 0) is 149 Å². The summed E-state index contributed by atoms with van der Waals surface area (Å²) in [6.07, 6.45) is 6.42. The maximum Gasteiger partial charge on any atom is 0.174 e. The molecule has 9 aromatic carbocycles. The van der Waals surface area contributed by atoms with Crippen LogP contribution in [0, 0.1) is 23.7 Å². The number of nitrogens with zero attached hydrogens (tertiary/aromatic N) is 3. The zero-order valence-corrected chi connectivity index (χ0v) is 40.0. The summed E-state index contributed by atoms with van der Waals surface area (Å²) in [6, 6.07) is 70.6. The lowest BCUT2D eigenvalue weighted by atomic mass is 9.43. The number of ether oxygens (including phenoxy) is 2. The third-order valence-electron chi connectivity index (χ3n) is 17.2. The molecule has 0 N–H and O–H groups in total. The molecule has 5 aliphatic carbocycles. The van der Waals surface area contributed by atoms with Gasteiger partial charge in [0.15, 0.2) is 40.5 Å². The average molecular weight is 942 g/mol. The molecule has 3 heterocycles. The lowest BCUT2D eigenvalue weighted by molar-refractivity contribution is -0.0407. The fourth-order valence-electron chi connectivity index (χ4n) is 14.3. The normalized spacial score (nSPS) is 20.6. The summed E-state index contributed by atoms with van der Waals surface area (Å²) < 4.78 is 20.2. The van der Waals surface area contributed by atoms with Gasteiger partial charge in [-0.1, -0.05) is 152 Å². The smallest absolute Gasteiger partial charge is 0.174 e. The zero-order valence-electron chi connectivity index (χ0n) is 40.0. The Morgan fingerprint density at radius 2 is 0.918 bits per heavy atom. The largest absolute Gasteiger partial charge is 0.455 e. The molecule has 4 fully saturated rings. The molecule has 4 saturated carbocycles. The highest BCUT2D eigenvalue weighted by atomic mass is 16.6. The van der Waals surface area contributed by atoms with Crippen molar-refractivity contribution in [2.24, 2.45) is 23.7 Å². The topological polar surface area (TPSA) is 70.3 Å². The maximum absolute atomic E-state index is 7.01. The van der Waals surface area contributed by atoms with Crippen molar-refractivity contribution in [3.63, 3.8) is 0 Å². The highest BCUT2D eigenvalue weighted by Gasteiger charge is 2.63. The molecule has 17 rings (SSSR count). The number of hydrogen-bond acceptors (Lipinski definition) is 6. The van der Waals surface area contributed by atoms with E-state index in [1.807, 2.05) is 36.4 Å². The Kier molecular flexibility index (Phi) is 8.83. The monoisotopic (exact) mass is 941 g/mol. The summed E-state index contributed by atoms with van der Waals surface area (Å²) in [4.78, 5) is 16.2. The molecule has 1 spiro atoms. The third kappa shape index (κ3) is 6.26. The van der Waals surface area contributed by atoms with Crippen molar-refractivity contribution < 1.29 is 13.9 Å². The number of rotatable bonds is 6. The summed E-state index contributed by atoms with van der Waals surface area (Å²) in [7, 11) is 0. The molecule has 1 aliphatic heterocycles. The van der Waals surface area contributed by atoms with Crippen LogP contribution in [0.2, 0.25) is 0 Å². The second kappa shape index (κ2) is 15.7. The average Bonchev–Trinajstić information content (AvgIpc) is 3.98. The molecule has 0 radical (unpaired) electrons. The second-order valence-corrected chi connectivity index (χ2v) is 21.1. The van der Waals surface area contributed by atoms with E-state index in [1.54, 1.807) is 0 Å². The van der Waals surface area contributed by atoms with Crippen LogP contribution >= 0.6 is 0 Å². The van der Waals surface area contributed by atoms with Crippen LogP contribution < -0.4 is 9.47 Å². The quantitative estimate of drug-likeness (QED) is 0.165. The van der Waals surface area contributed by atoms with Crippen LogP contribution in [0.25, 0.3) is 101 Å². The summed E-state index contributed by atoms with van der Waals surface area (Å²) in [6.45, 7) is 0. The van der Waals surface area contributed by atoms with Crippen molar-refractivity contribution in [1.29, 1.82) is 0 Å². The van der Waals surface area contributed by atoms with Gasteiger partial charge in [0, 0.05) is 44.0 Å². The van der Waals surface area contributed by atoms with Gasteiger partial charge in [-0.2, -0.15) is 0 Å². The van der Waals surface area contributed by atoms with Crippen LogP contribution in [0.1, 0.15) is 43.2 Å². The Bertz CT molecular complexity index is 4050. The molecule has 11 aromatic rings. The van der Waals surface area contributed by atoms with Crippen molar-refractivity contribution in [2.75, 3.05) is 0 Å². The second-order valence-electron chi connectivity index (χ2n) is 21.1. The molecule has 6 nitrogen and oxygen atoms in total. The maximum atomic E-state index is 7.01. The first-order valence-electron chi connectivity index (χ1n) is 25.9. The Morgan fingerprint density at radius 3 is 1.64 bits per heavy atom. The van der Waals surface area contributed by atoms with E-state index in [0.29, 0.717) is 29.3 Å². The standard InChI is InChI=1S/C67H47N3O3/c1-2-12-41(13-3-1)42-14-8-15-43(35-42)44-16-9-18-46(36-44)64-68-65(47-19-10-17-45(37-47)51-21-11-22-54-52-20-4-5-23-57(52)72-62(51)54)70-66(69-64)48-26-28-56-55(38-48)53-27-29-60-63(73-59-25-7-6-24-58(59)71-60)61(53)67(56)49-31-39-30-40(33-49)34-50(67)32-39/h1-29,35-40,49-50H,30-34H2. The van der Waals surface area contributed by atoms with Gasteiger partial charge in [-0.3, -0.25) is 0 Å². The van der Waals surface area contributed by atoms with Crippen LogP contribution in [0.3, 0.4) is 0 Å². The Morgan fingerprint density at radius 1 is 0.370 bits per heavy atom. The molecule has 4 bridgehead atoms. The van der Waals surface area contributed by atoms with Gasteiger partial charge in [-0.15, -0.1) is 0 Å². The van der Waals surface area contributed by atoms with Crippen LogP contribution in [0.15, 0.2) is 205 Å². The number of hydrogen-bond donors (Lipinski definition) is 0. The first kappa shape index (κ1) is 41.1. The van der Waals surface area contributed by atoms with Gasteiger partial charge < -0.3 is 13.9 Å². The molecule has 6 heteroatoms. The fraction of sp³-hybridized carbons (Fsp3) is 0.149. The SMILES string of the molecule is c1ccc(-c2cccc(-c3cccc(-c4nc(-c5cccc(-c6cccc7c6oc6ccccc67)c5)nc(-c5ccc6c(c5)-c5ccc7c(c5C65C6CC8CC(C6)CC5C8)Oc5ccccc5O7)n4)c3)c2)cc1. The van der Waals surface area contributed by atoms with Crippen molar-refractivity contribution in [3.8, 4) is 102 Å². The molecule has 73 heavy (non-hydrogen) atoms. The van der Waals surface area contributed by atoms with Crippen LogP contribution in [-0.4, -0.2) is 15.0 Å². The Balaban J connectivity index is 0.868. The van der Waals surface area contributed by atoms with Gasteiger partial charge in [-0.25, -0.2) is 15.0 Å². The Labute approximate surface area is 423 Å². The van der Waals surface area contributed by atoms with E-state index < -0.39 is 0 Å². The molecule has 0 amide bonds. The number of furan rings is 1. The van der Waals surface area contributed by atoms with Gasteiger partial charge in [0.05, 0.1) is 0 Å². The van der Waals surface area contributed by atoms with Gasteiger partial charge in [0.1, 0.15) is 11.2 Å². The minimum Gasteiger partial charge on any atom is -0.455 e. The van der Waals surface area contributed by atoms with Crippen molar-refractivity contribution >= 4 is 21.9 Å². The first-order chi connectivity index (χ1) is 36.1. The predicted molar refractivity (Wildman–Crippen MR) is 290 cm³/mol. The van der Waals surface area contributed by atoms with Crippen molar-refractivity contribution in [2.45, 2.75) is 37.5 Å². The van der Waals surface area contributed by atoms with Crippen molar-refractivity contribution in [1.82, 2.24) is 15.0 Å². The van der Waals surface area contributed by atoms with Crippen LogP contribution in [0.4, 0.5) is 0 Å². The minimum absolute atomic E-state index is 0.158. The Hall–Kier alpha value is -8.61. The minimum atomic E-state index is -0.158. The summed E-state index contributed by atoms with van der Waals surface area (Å²) >= 11 is 0. The molecule has 0 atom stereocenters. The highest BCUT2D eigenvalue weighted by molar-refractivity contribution is 6.09. The summed E-state index contributed by atoms with van der Waals surface area (Å²) in [5, 5.41) is 2.20. The first-order valence-corrected chi connectivity index (χ1v) is 25.9. The summed E-state index contributed by atoms with van der Waals surface area (Å²) in [5.74, 6) is 7.75. The van der Waals surface area contributed by atoms with Crippen LogP contribution in [-0.2, 0) is 5.41 Å². The van der Waals surface area contributed by atoms with E-state index in [1.165, 1.54) is 65.5 Å². The molecular formula is C67H47N3O3. The van der Waals surface area contributed by atoms with E-state index in [4.69, 9.17) is 28.8 Å². The van der Waals surface area contributed by atoms with E-state index >= 15 is 0 Å². The lowest BCUT2D eigenvalue weighted by Crippen LogP contribution is -2.55. The molecule has 2 aromatic heterocycles. The molecule has 0 saturated heterocycles. The van der Waals surface area contributed by atoms with Crippen LogP contribution in [0.5, 0.6) is 23.0 Å². The molecular weight excluding hydrogens is 895 g/mol. The van der Waals surface area contributed by atoms with E-state index in [0.717, 1.165) is 95.7 Å². The summed E-state index contributed by atoms with van der Waals surface area (Å²) in [5.41, 5.74) is 16.2. The molecule has 6 aliphatic rings. The number of benzene rings is 9. The highest BCUT2D eigenvalue weighted by Crippen LogP contribution is 2.72. The van der Waals surface area contributed by atoms with Gasteiger partial charge >= 0.3 is 0 Å². The van der Waals surface area contributed by atoms with E-state index in [-0.39, 0.29) is 5.41 Å². The number of para-hydroxylation sites is 4. The number of fused-ring (bicyclic) bond motifs is 9. The predicted octanol–water partition coefficient (Wildman–Crippen LogP) is 17.4. The molecule has 0 unspecified atom stereocenters. The van der Waals surface area contributed by atoms with Gasteiger partial charge in [0.2, 0.25) is 0 Å². The lowest BCUT2D eigenvalue weighted by Gasteiger charge is -2.61. The van der Waals surface area contributed by atoms with Crippen molar-refractivity contribution in [3.05, 3.63) is 211 Å². The van der Waals surface area contributed by atoms with E-state index in [2.05, 4.69) is 164 Å². The fourth-order valence-corrected chi connectivity index (χ4v) is 14.3. The number of aromatic nitrogens is 3.